The lowest BCUT2D eigenvalue weighted by atomic mass is 10.4. The Morgan fingerprint density at radius 2 is 2.62 bits per heavy atom. The summed E-state index contributed by atoms with van der Waals surface area (Å²) in [5.41, 5.74) is 0. The molecule has 1 aliphatic rings. The molecule has 0 aromatic rings. The Hall–Kier alpha value is -0.480. The van der Waals surface area contributed by atoms with E-state index in [1.54, 1.807) is 0 Å². The first-order valence-corrected chi connectivity index (χ1v) is 2.94. The number of nitrogens with zero attached hydrogens (tertiary/aromatic N) is 1. The number of hydrogen-bond acceptors (Lipinski definition) is 1. The van der Waals surface area contributed by atoms with Gasteiger partial charge in [-0.2, -0.15) is 0 Å². The summed E-state index contributed by atoms with van der Waals surface area (Å²) >= 11 is 0. The molecular formula is C7H10N. The second-order valence-electron chi connectivity index (χ2n) is 2.00. The van der Waals surface area contributed by atoms with Crippen molar-refractivity contribution in [1.82, 2.24) is 4.90 Å². The largest absolute Gasteiger partial charge is 0.288 e. The van der Waals surface area contributed by atoms with Crippen LogP contribution >= 0.6 is 0 Å². The van der Waals surface area contributed by atoms with Gasteiger partial charge in [0.15, 0.2) is 0 Å². The number of likely N-dealkylation sites (tertiary alicyclic amines) is 1. The molecule has 1 saturated heterocycles. The molecule has 0 atom stereocenters. The molecule has 43 valence electrons. The van der Waals surface area contributed by atoms with Gasteiger partial charge in [0.1, 0.15) is 0 Å². The van der Waals surface area contributed by atoms with Crippen LogP contribution in [-0.2, 0) is 0 Å². The standard InChI is InChI=1S/C7H10N/c1-2-5-8-6-3-4-7-8/h1,6H,3-5,7H2. The van der Waals surface area contributed by atoms with Crippen LogP contribution in [0.3, 0.4) is 0 Å². The summed E-state index contributed by atoms with van der Waals surface area (Å²) in [5, 5.41) is 0. The van der Waals surface area contributed by atoms with Gasteiger partial charge < -0.3 is 0 Å². The molecule has 0 unspecified atom stereocenters. The lowest BCUT2D eigenvalue weighted by molar-refractivity contribution is 0.436. The van der Waals surface area contributed by atoms with Crippen LogP contribution in [0.2, 0.25) is 0 Å². The molecule has 1 heteroatoms. The van der Waals surface area contributed by atoms with Crippen LogP contribution < -0.4 is 0 Å². The third kappa shape index (κ3) is 1.24. The highest BCUT2D eigenvalue weighted by Crippen LogP contribution is 2.09. The fourth-order valence-corrected chi connectivity index (χ4v) is 0.920. The molecule has 1 rings (SSSR count). The molecule has 1 nitrogen and oxygen atoms in total. The molecule has 0 aliphatic carbocycles. The van der Waals surface area contributed by atoms with Gasteiger partial charge in [0.2, 0.25) is 0 Å². The Balaban J connectivity index is 2.17. The third-order valence-corrected chi connectivity index (χ3v) is 1.33. The smallest absolute Gasteiger partial charge is 0.0601 e. The van der Waals surface area contributed by atoms with Crippen molar-refractivity contribution in [2.75, 3.05) is 13.1 Å². The molecule has 0 spiro atoms. The minimum Gasteiger partial charge on any atom is -0.288 e. The lowest BCUT2D eigenvalue weighted by Crippen LogP contribution is -2.14. The summed E-state index contributed by atoms with van der Waals surface area (Å²) in [6, 6.07) is 0. The Morgan fingerprint density at radius 1 is 1.75 bits per heavy atom. The molecule has 1 radical (unpaired) electrons. The highest BCUT2D eigenvalue weighted by atomic mass is 15.1. The molecule has 0 bridgehead atoms. The Labute approximate surface area is 50.7 Å². The second kappa shape index (κ2) is 2.74. The van der Waals surface area contributed by atoms with Crippen LogP contribution in [0.1, 0.15) is 12.8 Å². The van der Waals surface area contributed by atoms with Crippen molar-refractivity contribution < 1.29 is 0 Å². The number of hydrogen-bond donors (Lipinski definition) is 0. The zero-order valence-corrected chi connectivity index (χ0v) is 4.93. The first-order valence-electron chi connectivity index (χ1n) is 2.94. The van der Waals surface area contributed by atoms with Crippen molar-refractivity contribution in [3.8, 4) is 12.3 Å². The fraction of sp³-hybridized carbons (Fsp3) is 0.571. The molecule has 0 N–H and O–H groups in total. The molecule has 0 saturated carbocycles. The van der Waals surface area contributed by atoms with Gasteiger partial charge in [0, 0.05) is 6.54 Å². The van der Waals surface area contributed by atoms with E-state index in [1.807, 2.05) is 0 Å². The maximum atomic E-state index is 5.10. The van der Waals surface area contributed by atoms with Crippen LogP contribution in [0.15, 0.2) is 0 Å². The van der Waals surface area contributed by atoms with Crippen LogP contribution in [0.4, 0.5) is 0 Å². The first kappa shape index (κ1) is 5.65. The van der Waals surface area contributed by atoms with E-state index in [0.29, 0.717) is 0 Å². The highest BCUT2D eigenvalue weighted by molar-refractivity contribution is 4.92. The minimum atomic E-state index is 0.792. The predicted octanol–water partition coefficient (Wildman–Crippen LogP) is 0.877. The van der Waals surface area contributed by atoms with E-state index in [4.69, 9.17) is 6.42 Å². The predicted molar refractivity (Wildman–Crippen MR) is 33.9 cm³/mol. The molecule has 1 fully saturated rings. The quantitative estimate of drug-likeness (QED) is 0.451. The molecule has 0 amide bonds. The Kier molecular flexibility index (Phi) is 1.93. The van der Waals surface area contributed by atoms with Crippen LogP contribution in [0.5, 0.6) is 0 Å². The van der Waals surface area contributed by atoms with Gasteiger partial charge in [-0.15, -0.1) is 6.42 Å². The third-order valence-electron chi connectivity index (χ3n) is 1.33. The second-order valence-corrected chi connectivity index (χ2v) is 2.00. The van der Waals surface area contributed by atoms with E-state index >= 15 is 0 Å². The zero-order valence-electron chi connectivity index (χ0n) is 4.93. The van der Waals surface area contributed by atoms with Gasteiger partial charge in [0.05, 0.1) is 6.54 Å². The first-order chi connectivity index (χ1) is 3.93. The summed E-state index contributed by atoms with van der Waals surface area (Å²) in [4.78, 5) is 2.18. The van der Waals surface area contributed by atoms with Crippen molar-refractivity contribution in [3.05, 3.63) is 6.54 Å². The molecule has 0 aromatic heterocycles. The average molecular weight is 108 g/mol. The van der Waals surface area contributed by atoms with Crippen LogP contribution in [0, 0.1) is 18.9 Å². The van der Waals surface area contributed by atoms with Gasteiger partial charge >= 0.3 is 0 Å². The fourth-order valence-electron chi connectivity index (χ4n) is 0.920. The van der Waals surface area contributed by atoms with Gasteiger partial charge in [-0.05, 0) is 19.4 Å². The van der Waals surface area contributed by atoms with Crippen molar-refractivity contribution in [2.45, 2.75) is 12.8 Å². The van der Waals surface area contributed by atoms with Gasteiger partial charge in [-0.25, -0.2) is 0 Å². The minimum absolute atomic E-state index is 0.792. The molecule has 0 aromatic carbocycles. The zero-order chi connectivity index (χ0) is 5.82. The topological polar surface area (TPSA) is 3.24 Å². The monoisotopic (exact) mass is 108 g/mol. The van der Waals surface area contributed by atoms with Gasteiger partial charge in [-0.1, -0.05) is 5.92 Å². The summed E-state index contributed by atoms with van der Waals surface area (Å²) in [6.45, 7) is 4.13. The van der Waals surface area contributed by atoms with Gasteiger partial charge in [0.25, 0.3) is 0 Å². The molecule has 1 heterocycles. The van der Waals surface area contributed by atoms with Crippen molar-refractivity contribution in [2.24, 2.45) is 0 Å². The van der Waals surface area contributed by atoms with Crippen molar-refractivity contribution in [1.29, 1.82) is 0 Å². The molecule has 8 heavy (non-hydrogen) atoms. The van der Waals surface area contributed by atoms with E-state index < -0.39 is 0 Å². The summed E-state index contributed by atoms with van der Waals surface area (Å²) in [6.07, 6.45) is 7.59. The summed E-state index contributed by atoms with van der Waals surface area (Å²) in [5.74, 6) is 2.60. The van der Waals surface area contributed by atoms with E-state index in [9.17, 15) is 0 Å². The number of terminal acetylenes is 1. The van der Waals surface area contributed by atoms with Gasteiger partial charge in [-0.3, -0.25) is 4.90 Å². The maximum absolute atomic E-state index is 5.10. The molecule has 1 aliphatic heterocycles. The summed E-state index contributed by atoms with van der Waals surface area (Å²) < 4.78 is 0. The average Bonchev–Trinajstić information content (AvgIpc) is 2.19. The van der Waals surface area contributed by atoms with Crippen molar-refractivity contribution >= 4 is 0 Å². The van der Waals surface area contributed by atoms with E-state index in [-0.39, 0.29) is 0 Å². The highest BCUT2D eigenvalue weighted by Gasteiger charge is 2.08. The Morgan fingerprint density at radius 3 is 3.12 bits per heavy atom. The van der Waals surface area contributed by atoms with Crippen LogP contribution in [-0.4, -0.2) is 18.0 Å². The lowest BCUT2D eigenvalue weighted by Gasteiger charge is -2.07. The Bertz CT molecular complexity index is 95.4. The normalized spacial score (nSPS) is 20.9. The number of rotatable bonds is 1. The van der Waals surface area contributed by atoms with E-state index in [0.717, 1.165) is 13.1 Å². The SMILES string of the molecule is C#CCN1[CH]CCC1. The summed E-state index contributed by atoms with van der Waals surface area (Å²) in [7, 11) is 0. The maximum Gasteiger partial charge on any atom is 0.0601 e. The van der Waals surface area contributed by atoms with Crippen molar-refractivity contribution in [3.63, 3.8) is 0 Å². The van der Waals surface area contributed by atoms with E-state index in [2.05, 4.69) is 17.4 Å². The molecular weight excluding hydrogens is 98.1 g/mol. The van der Waals surface area contributed by atoms with Crippen LogP contribution in [0.25, 0.3) is 0 Å². The van der Waals surface area contributed by atoms with E-state index in [1.165, 1.54) is 12.8 Å².